The molecule has 2 aromatic rings. The van der Waals surface area contributed by atoms with E-state index in [9.17, 15) is 14.4 Å². The summed E-state index contributed by atoms with van der Waals surface area (Å²) in [6.07, 6.45) is 1.62. The zero-order valence-electron chi connectivity index (χ0n) is 19.0. The summed E-state index contributed by atoms with van der Waals surface area (Å²) in [6.45, 7) is 7.60. The normalized spacial score (nSPS) is 10.6. The highest BCUT2D eigenvalue weighted by molar-refractivity contribution is 5.82. The number of nitrogen functional groups attached to an aromatic ring is 1. The third-order valence-electron chi connectivity index (χ3n) is 4.81. The van der Waals surface area contributed by atoms with Crippen molar-refractivity contribution in [2.45, 2.75) is 40.2 Å². The van der Waals surface area contributed by atoms with Gasteiger partial charge >= 0.3 is 5.69 Å². The van der Waals surface area contributed by atoms with Gasteiger partial charge in [-0.25, -0.2) is 4.79 Å². The molecule has 1 amide bonds. The molecule has 0 unspecified atom stereocenters. The molecule has 176 valence electrons. The Morgan fingerprint density at radius 3 is 2.38 bits per heavy atom. The van der Waals surface area contributed by atoms with Gasteiger partial charge in [0.15, 0.2) is 0 Å². The lowest BCUT2D eigenvalue weighted by Gasteiger charge is -2.24. The molecule has 0 aliphatic rings. The van der Waals surface area contributed by atoms with E-state index in [0.29, 0.717) is 32.0 Å². The molecule has 10 heteroatoms. The van der Waals surface area contributed by atoms with Crippen molar-refractivity contribution >= 4 is 17.4 Å². The summed E-state index contributed by atoms with van der Waals surface area (Å²) in [6, 6.07) is 7.24. The largest absolute Gasteiger partial charge is 0.494 e. The quantitative estimate of drug-likeness (QED) is 0.395. The number of carbonyl (C=O) groups excluding carboxylic acids is 1. The Morgan fingerprint density at radius 2 is 1.78 bits per heavy atom. The van der Waals surface area contributed by atoms with Crippen LogP contribution in [0.15, 0.2) is 33.9 Å². The van der Waals surface area contributed by atoms with Crippen LogP contribution < -0.4 is 36.7 Å². The van der Waals surface area contributed by atoms with Crippen molar-refractivity contribution in [1.82, 2.24) is 14.9 Å². The van der Waals surface area contributed by atoms with Gasteiger partial charge in [0.05, 0.1) is 19.7 Å². The van der Waals surface area contributed by atoms with Crippen LogP contribution in [0.2, 0.25) is 0 Å². The van der Waals surface area contributed by atoms with Crippen molar-refractivity contribution in [3.63, 3.8) is 0 Å². The Balaban J connectivity index is 1.94. The molecule has 2 rings (SSSR count). The van der Waals surface area contributed by atoms with Gasteiger partial charge in [-0.05, 0) is 44.5 Å². The fourth-order valence-electron chi connectivity index (χ4n) is 3.16. The van der Waals surface area contributed by atoms with Gasteiger partial charge in [0.25, 0.3) is 5.56 Å². The molecule has 4 N–H and O–H groups in total. The molecule has 0 bridgehead atoms. The summed E-state index contributed by atoms with van der Waals surface area (Å²) in [5.74, 6) is 1.22. The van der Waals surface area contributed by atoms with Gasteiger partial charge in [0.1, 0.15) is 29.6 Å². The SMILES string of the molecule is CCCCn1c(N)c(N(CC)CC(=O)NCCOc2ccc(OCC)cc2)c(=O)[nH]c1=O. The number of nitrogens with zero attached hydrogens (tertiary/aromatic N) is 2. The van der Waals surface area contributed by atoms with Gasteiger partial charge in [-0.3, -0.25) is 19.1 Å². The lowest BCUT2D eigenvalue weighted by molar-refractivity contribution is -0.119. The fourth-order valence-corrected chi connectivity index (χ4v) is 3.16. The minimum atomic E-state index is -0.603. The van der Waals surface area contributed by atoms with Crippen LogP contribution in [-0.4, -0.2) is 48.3 Å². The summed E-state index contributed by atoms with van der Waals surface area (Å²) in [7, 11) is 0. The Kier molecular flexibility index (Phi) is 9.65. The Morgan fingerprint density at radius 1 is 1.12 bits per heavy atom. The first-order valence-corrected chi connectivity index (χ1v) is 10.9. The van der Waals surface area contributed by atoms with Crippen LogP contribution in [0.5, 0.6) is 11.5 Å². The zero-order valence-corrected chi connectivity index (χ0v) is 19.0. The molecule has 0 aliphatic carbocycles. The van der Waals surface area contributed by atoms with Crippen molar-refractivity contribution in [3.8, 4) is 11.5 Å². The first-order chi connectivity index (χ1) is 15.4. The summed E-state index contributed by atoms with van der Waals surface area (Å²) in [5.41, 5.74) is 5.12. The summed E-state index contributed by atoms with van der Waals surface area (Å²) in [4.78, 5) is 40.8. The van der Waals surface area contributed by atoms with Gasteiger partial charge in [-0.15, -0.1) is 0 Å². The highest BCUT2D eigenvalue weighted by atomic mass is 16.5. The predicted octanol–water partition coefficient (Wildman–Crippen LogP) is 1.34. The second-order valence-electron chi connectivity index (χ2n) is 7.12. The second kappa shape index (κ2) is 12.4. The number of aromatic nitrogens is 2. The Labute approximate surface area is 187 Å². The highest BCUT2D eigenvalue weighted by Gasteiger charge is 2.19. The van der Waals surface area contributed by atoms with E-state index < -0.39 is 11.2 Å². The molecular weight excluding hydrogens is 414 g/mol. The lowest BCUT2D eigenvalue weighted by atomic mass is 10.3. The fraction of sp³-hybridized carbons (Fsp3) is 0.500. The molecule has 0 atom stereocenters. The minimum absolute atomic E-state index is 0.0701. The number of hydrogen-bond acceptors (Lipinski definition) is 7. The van der Waals surface area contributed by atoms with Crippen LogP contribution >= 0.6 is 0 Å². The highest BCUT2D eigenvalue weighted by Crippen LogP contribution is 2.18. The minimum Gasteiger partial charge on any atom is -0.494 e. The standard InChI is InChI=1S/C22H33N5O5/c1-4-7-13-27-20(23)19(21(29)25-22(27)30)26(5-2)15-18(28)24-12-14-32-17-10-8-16(9-11-17)31-6-3/h8-11H,4-7,12-15,23H2,1-3H3,(H,24,28)(H,25,29,30). The van der Waals surface area contributed by atoms with E-state index in [2.05, 4.69) is 10.3 Å². The molecule has 32 heavy (non-hydrogen) atoms. The van der Waals surface area contributed by atoms with Crippen LogP contribution in [0.3, 0.4) is 0 Å². The number of unbranched alkanes of at least 4 members (excludes halogenated alkanes) is 1. The summed E-state index contributed by atoms with van der Waals surface area (Å²) in [5, 5.41) is 2.77. The molecule has 0 spiro atoms. The monoisotopic (exact) mass is 447 g/mol. The summed E-state index contributed by atoms with van der Waals surface area (Å²) < 4.78 is 12.3. The Hall–Kier alpha value is -3.43. The van der Waals surface area contributed by atoms with Gasteiger partial charge < -0.3 is 25.4 Å². The maximum atomic E-state index is 12.4. The van der Waals surface area contributed by atoms with E-state index >= 15 is 0 Å². The molecule has 0 radical (unpaired) electrons. The molecule has 0 saturated heterocycles. The number of nitrogens with two attached hydrogens (primary N) is 1. The first-order valence-electron chi connectivity index (χ1n) is 10.9. The van der Waals surface area contributed by atoms with E-state index in [-0.39, 0.29) is 30.6 Å². The number of nitrogens with one attached hydrogen (secondary N) is 2. The first kappa shape index (κ1) is 24.8. The maximum Gasteiger partial charge on any atom is 0.330 e. The Bertz CT molecular complexity index is 984. The molecule has 0 fully saturated rings. The van der Waals surface area contributed by atoms with Crippen molar-refractivity contribution in [2.75, 3.05) is 43.5 Å². The van der Waals surface area contributed by atoms with E-state index in [0.717, 1.165) is 18.6 Å². The summed E-state index contributed by atoms with van der Waals surface area (Å²) >= 11 is 0. The molecule has 1 aromatic heterocycles. The number of rotatable bonds is 13. The van der Waals surface area contributed by atoms with Crippen molar-refractivity contribution in [2.24, 2.45) is 0 Å². The van der Waals surface area contributed by atoms with Crippen molar-refractivity contribution < 1.29 is 14.3 Å². The van der Waals surface area contributed by atoms with Gasteiger partial charge in [-0.1, -0.05) is 13.3 Å². The molecule has 1 aromatic carbocycles. The molecule has 0 aliphatic heterocycles. The van der Waals surface area contributed by atoms with Crippen LogP contribution in [0.4, 0.5) is 11.5 Å². The average molecular weight is 448 g/mol. The number of aromatic amines is 1. The molecule has 0 saturated carbocycles. The number of likely N-dealkylation sites (N-methyl/N-ethyl adjacent to an activating group) is 1. The maximum absolute atomic E-state index is 12.4. The predicted molar refractivity (Wildman–Crippen MR) is 125 cm³/mol. The number of H-pyrrole nitrogens is 1. The van der Waals surface area contributed by atoms with E-state index in [4.69, 9.17) is 15.2 Å². The number of amides is 1. The van der Waals surface area contributed by atoms with Crippen LogP contribution in [-0.2, 0) is 11.3 Å². The molecule has 1 heterocycles. The third-order valence-corrected chi connectivity index (χ3v) is 4.81. The van der Waals surface area contributed by atoms with E-state index in [1.54, 1.807) is 17.0 Å². The van der Waals surface area contributed by atoms with E-state index in [1.165, 1.54) is 4.57 Å². The second-order valence-corrected chi connectivity index (χ2v) is 7.12. The van der Waals surface area contributed by atoms with Gasteiger partial charge in [-0.2, -0.15) is 0 Å². The number of ether oxygens (including phenoxy) is 2. The smallest absolute Gasteiger partial charge is 0.330 e. The van der Waals surface area contributed by atoms with Crippen LogP contribution in [0.1, 0.15) is 33.6 Å². The zero-order chi connectivity index (χ0) is 23.5. The van der Waals surface area contributed by atoms with Gasteiger partial charge in [0.2, 0.25) is 5.91 Å². The number of anilines is 2. The third kappa shape index (κ3) is 6.79. The van der Waals surface area contributed by atoms with Crippen molar-refractivity contribution in [1.29, 1.82) is 0 Å². The van der Waals surface area contributed by atoms with Gasteiger partial charge in [0, 0.05) is 13.1 Å². The average Bonchev–Trinajstić information content (AvgIpc) is 2.77. The number of carbonyl (C=O) groups is 1. The van der Waals surface area contributed by atoms with Crippen molar-refractivity contribution in [3.05, 3.63) is 45.1 Å². The number of benzene rings is 1. The number of hydrogen-bond donors (Lipinski definition) is 3. The lowest BCUT2D eigenvalue weighted by Crippen LogP contribution is -2.43. The van der Waals surface area contributed by atoms with E-state index in [1.807, 2.05) is 32.9 Å². The molecule has 10 nitrogen and oxygen atoms in total. The van der Waals surface area contributed by atoms with Crippen LogP contribution in [0, 0.1) is 0 Å². The van der Waals surface area contributed by atoms with Crippen LogP contribution in [0.25, 0.3) is 0 Å². The topological polar surface area (TPSA) is 132 Å². The molecular formula is C22H33N5O5.